The Hall–Kier alpha value is -2.44. The van der Waals surface area contributed by atoms with Crippen molar-refractivity contribution in [1.29, 1.82) is 0 Å². The van der Waals surface area contributed by atoms with Crippen molar-refractivity contribution in [2.24, 2.45) is 5.92 Å². The molecular formula is C23H35N3O4. The quantitative estimate of drug-likeness (QED) is 0.723. The first-order chi connectivity index (χ1) is 14.1. The molecule has 1 saturated heterocycles. The standard InChI is InChI=1S/C23H35N3O4/c1-15-6-8-18-19(26(15)22(28)29-5)9-7-17(20(18)24)14-16-10-12-25(13-11-16)21(27)30-23(2,3)4/h7,9,15-16H,6,8,10-14,24H2,1-5H3/t15-/m0/s1. The third kappa shape index (κ3) is 4.82. The van der Waals surface area contributed by atoms with Crippen LogP contribution in [0.3, 0.4) is 0 Å². The Bertz CT molecular complexity index is 794. The Kier molecular flexibility index (Phi) is 6.48. The number of anilines is 2. The number of nitrogen functional groups attached to an aromatic ring is 1. The van der Waals surface area contributed by atoms with Gasteiger partial charge in [0.2, 0.25) is 0 Å². The molecule has 0 spiro atoms. The number of ether oxygens (including phenoxy) is 2. The van der Waals surface area contributed by atoms with Gasteiger partial charge in [0, 0.05) is 24.8 Å². The second-order valence-electron chi connectivity index (χ2n) is 9.48. The van der Waals surface area contributed by atoms with E-state index in [-0.39, 0.29) is 18.2 Å². The van der Waals surface area contributed by atoms with Crippen molar-refractivity contribution in [2.75, 3.05) is 30.8 Å². The van der Waals surface area contributed by atoms with Crippen LogP contribution in [0.25, 0.3) is 0 Å². The van der Waals surface area contributed by atoms with E-state index in [1.165, 1.54) is 7.11 Å². The third-order valence-corrected chi connectivity index (χ3v) is 6.08. The molecule has 2 N–H and O–H groups in total. The van der Waals surface area contributed by atoms with Crippen LogP contribution in [0.2, 0.25) is 0 Å². The molecule has 0 unspecified atom stereocenters. The van der Waals surface area contributed by atoms with Gasteiger partial charge in [-0.1, -0.05) is 6.07 Å². The Balaban J connectivity index is 1.66. The Morgan fingerprint density at radius 3 is 2.40 bits per heavy atom. The van der Waals surface area contributed by atoms with Gasteiger partial charge in [0.05, 0.1) is 12.8 Å². The molecule has 3 rings (SSSR count). The van der Waals surface area contributed by atoms with E-state index in [1.54, 1.807) is 9.80 Å². The highest BCUT2D eigenvalue weighted by atomic mass is 16.6. The first-order valence-electron chi connectivity index (χ1n) is 10.9. The number of fused-ring (bicyclic) bond motifs is 1. The maximum Gasteiger partial charge on any atom is 0.414 e. The number of nitrogens with zero attached hydrogens (tertiary/aromatic N) is 2. The zero-order chi connectivity index (χ0) is 22.1. The van der Waals surface area contributed by atoms with Crippen LogP contribution in [-0.4, -0.2) is 48.9 Å². The van der Waals surface area contributed by atoms with Crippen LogP contribution in [-0.2, 0) is 22.3 Å². The highest BCUT2D eigenvalue weighted by Gasteiger charge is 2.32. The molecule has 0 aromatic heterocycles. The van der Waals surface area contributed by atoms with Crippen LogP contribution in [0, 0.1) is 5.92 Å². The number of nitrogens with two attached hydrogens (primary N) is 1. The topological polar surface area (TPSA) is 85.1 Å². The summed E-state index contributed by atoms with van der Waals surface area (Å²) in [4.78, 5) is 28.0. The van der Waals surface area contributed by atoms with E-state index in [9.17, 15) is 9.59 Å². The minimum Gasteiger partial charge on any atom is -0.452 e. The zero-order valence-corrected chi connectivity index (χ0v) is 18.9. The number of piperidine rings is 1. The van der Waals surface area contributed by atoms with Crippen molar-refractivity contribution < 1.29 is 19.1 Å². The summed E-state index contributed by atoms with van der Waals surface area (Å²) in [5.74, 6) is 0.475. The Labute approximate surface area is 179 Å². The number of rotatable bonds is 2. The minimum absolute atomic E-state index is 0.0902. The van der Waals surface area contributed by atoms with E-state index in [1.807, 2.05) is 39.8 Å². The Morgan fingerprint density at radius 2 is 1.80 bits per heavy atom. The molecule has 2 amide bonds. The fraction of sp³-hybridized carbons (Fsp3) is 0.652. The predicted molar refractivity (Wildman–Crippen MR) is 118 cm³/mol. The molecule has 0 radical (unpaired) electrons. The lowest BCUT2D eigenvalue weighted by atomic mass is 9.86. The largest absolute Gasteiger partial charge is 0.452 e. The number of benzene rings is 1. The van der Waals surface area contributed by atoms with E-state index in [0.29, 0.717) is 19.0 Å². The number of hydrogen-bond acceptors (Lipinski definition) is 5. The molecule has 1 fully saturated rings. The van der Waals surface area contributed by atoms with Gasteiger partial charge in [-0.15, -0.1) is 0 Å². The lowest BCUT2D eigenvalue weighted by Crippen LogP contribution is -2.42. The third-order valence-electron chi connectivity index (χ3n) is 6.08. The van der Waals surface area contributed by atoms with Crippen LogP contribution in [0.15, 0.2) is 12.1 Å². The Morgan fingerprint density at radius 1 is 1.13 bits per heavy atom. The van der Waals surface area contributed by atoms with E-state index >= 15 is 0 Å². The van der Waals surface area contributed by atoms with Gasteiger partial charge in [0.25, 0.3) is 0 Å². The van der Waals surface area contributed by atoms with Crippen LogP contribution < -0.4 is 10.6 Å². The van der Waals surface area contributed by atoms with Crippen molar-refractivity contribution in [1.82, 2.24) is 4.90 Å². The van der Waals surface area contributed by atoms with Crippen molar-refractivity contribution in [3.05, 3.63) is 23.3 Å². The maximum absolute atomic E-state index is 12.3. The summed E-state index contributed by atoms with van der Waals surface area (Å²) < 4.78 is 10.5. The summed E-state index contributed by atoms with van der Waals surface area (Å²) in [5, 5.41) is 0. The molecule has 0 bridgehead atoms. The molecule has 1 atom stereocenters. The van der Waals surface area contributed by atoms with Crippen LogP contribution in [0.4, 0.5) is 21.0 Å². The summed E-state index contributed by atoms with van der Waals surface area (Å²) >= 11 is 0. The number of carbonyl (C=O) groups is 2. The van der Waals surface area contributed by atoms with E-state index in [0.717, 1.165) is 54.6 Å². The van der Waals surface area contributed by atoms with E-state index in [4.69, 9.17) is 15.2 Å². The van der Waals surface area contributed by atoms with Crippen LogP contribution in [0.5, 0.6) is 0 Å². The second kappa shape index (κ2) is 8.74. The summed E-state index contributed by atoms with van der Waals surface area (Å²) in [6.07, 6.45) is 3.90. The molecule has 2 heterocycles. The molecule has 7 nitrogen and oxygen atoms in total. The lowest BCUT2D eigenvalue weighted by molar-refractivity contribution is 0.0184. The highest BCUT2D eigenvalue weighted by molar-refractivity contribution is 5.91. The van der Waals surface area contributed by atoms with E-state index < -0.39 is 5.60 Å². The average Bonchev–Trinajstić information content (AvgIpc) is 2.68. The molecule has 2 aliphatic rings. The zero-order valence-electron chi connectivity index (χ0n) is 18.9. The fourth-order valence-corrected chi connectivity index (χ4v) is 4.42. The van der Waals surface area contributed by atoms with Gasteiger partial charge >= 0.3 is 12.2 Å². The number of likely N-dealkylation sites (tertiary alicyclic amines) is 1. The lowest BCUT2D eigenvalue weighted by Gasteiger charge is -2.36. The monoisotopic (exact) mass is 417 g/mol. The van der Waals surface area contributed by atoms with Gasteiger partial charge < -0.3 is 20.1 Å². The van der Waals surface area contributed by atoms with Crippen LogP contribution in [0.1, 0.15) is 58.1 Å². The number of methoxy groups -OCH3 is 1. The first-order valence-corrected chi connectivity index (χ1v) is 10.9. The molecule has 30 heavy (non-hydrogen) atoms. The highest BCUT2D eigenvalue weighted by Crippen LogP contribution is 2.38. The average molecular weight is 418 g/mol. The predicted octanol–water partition coefficient (Wildman–Crippen LogP) is 4.37. The molecule has 166 valence electrons. The smallest absolute Gasteiger partial charge is 0.414 e. The maximum atomic E-state index is 12.3. The summed E-state index contributed by atoms with van der Waals surface area (Å²) in [6, 6.07) is 4.14. The minimum atomic E-state index is -0.471. The molecule has 2 aliphatic heterocycles. The van der Waals surface area contributed by atoms with Gasteiger partial charge in [0.1, 0.15) is 5.60 Å². The number of hydrogen-bond donors (Lipinski definition) is 1. The molecule has 0 saturated carbocycles. The number of carbonyl (C=O) groups excluding carboxylic acids is 2. The molecule has 0 aliphatic carbocycles. The normalized spacial score (nSPS) is 20.0. The molecule has 1 aromatic rings. The van der Waals surface area contributed by atoms with Gasteiger partial charge in [-0.25, -0.2) is 9.59 Å². The van der Waals surface area contributed by atoms with Gasteiger partial charge in [-0.2, -0.15) is 0 Å². The second-order valence-corrected chi connectivity index (χ2v) is 9.48. The molecular weight excluding hydrogens is 382 g/mol. The molecule has 7 heteroatoms. The SMILES string of the molecule is COC(=O)N1c2ccc(CC3CCN(C(=O)OC(C)(C)C)CC3)c(N)c2CC[C@@H]1C. The molecule has 1 aromatic carbocycles. The van der Waals surface area contributed by atoms with E-state index in [2.05, 4.69) is 0 Å². The van der Waals surface area contributed by atoms with Crippen molar-refractivity contribution in [3.63, 3.8) is 0 Å². The summed E-state index contributed by atoms with van der Waals surface area (Å²) in [5.41, 5.74) is 9.91. The first kappa shape index (κ1) is 22.2. The summed E-state index contributed by atoms with van der Waals surface area (Å²) in [7, 11) is 1.41. The van der Waals surface area contributed by atoms with Crippen LogP contribution >= 0.6 is 0 Å². The summed E-state index contributed by atoms with van der Waals surface area (Å²) in [6.45, 7) is 9.11. The van der Waals surface area contributed by atoms with Gasteiger partial charge in [-0.3, -0.25) is 4.90 Å². The number of amides is 2. The fourth-order valence-electron chi connectivity index (χ4n) is 4.42. The van der Waals surface area contributed by atoms with Gasteiger partial charge in [0.15, 0.2) is 0 Å². The van der Waals surface area contributed by atoms with Crippen molar-refractivity contribution in [3.8, 4) is 0 Å². The van der Waals surface area contributed by atoms with Crippen molar-refractivity contribution >= 4 is 23.6 Å². The van der Waals surface area contributed by atoms with Gasteiger partial charge in [-0.05, 0) is 82.9 Å². The van der Waals surface area contributed by atoms with Crippen molar-refractivity contribution in [2.45, 2.75) is 71.4 Å².